The number of amides is 1. The van der Waals surface area contributed by atoms with E-state index in [4.69, 9.17) is 0 Å². The Hall–Kier alpha value is -3.23. The van der Waals surface area contributed by atoms with E-state index in [0.29, 0.717) is 16.1 Å². The van der Waals surface area contributed by atoms with Crippen LogP contribution in [-0.2, 0) is 23.5 Å². The molecular weight excluding hydrogens is 442 g/mol. The third-order valence-corrected chi connectivity index (χ3v) is 7.66. The number of rotatable bonds is 5. The fraction of sp³-hybridized carbons (Fsp3) is 0.167. The summed E-state index contributed by atoms with van der Waals surface area (Å²) in [6.07, 6.45) is 0.939. The molecule has 32 heavy (non-hydrogen) atoms. The maximum Gasteiger partial charge on any atom is 0.279 e. The molecule has 0 unspecified atom stereocenters. The summed E-state index contributed by atoms with van der Waals surface area (Å²) in [4.78, 5) is 17.9. The molecule has 164 valence electrons. The first-order valence-corrected chi connectivity index (χ1v) is 12.4. The van der Waals surface area contributed by atoms with Crippen LogP contribution in [0.15, 0.2) is 76.6 Å². The van der Waals surface area contributed by atoms with Gasteiger partial charge in [-0.25, -0.2) is 8.42 Å². The quantitative estimate of drug-likeness (QED) is 0.466. The largest absolute Gasteiger partial charge is 0.319 e. The van der Waals surface area contributed by atoms with Crippen molar-refractivity contribution < 1.29 is 13.2 Å². The van der Waals surface area contributed by atoms with Gasteiger partial charge in [0, 0.05) is 18.3 Å². The molecule has 4 rings (SSSR count). The van der Waals surface area contributed by atoms with Crippen LogP contribution in [0.25, 0.3) is 10.2 Å². The Kier molecular flexibility index (Phi) is 5.99. The van der Waals surface area contributed by atoms with Gasteiger partial charge < -0.3 is 4.57 Å². The minimum atomic E-state index is -3.76. The summed E-state index contributed by atoms with van der Waals surface area (Å²) >= 11 is 1.45. The van der Waals surface area contributed by atoms with E-state index in [2.05, 4.69) is 28.8 Å². The first kappa shape index (κ1) is 22.0. The minimum absolute atomic E-state index is 0.160. The highest BCUT2D eigenvalue weighted by Crippen LogP contribution is 2.20. The predicted octanol–water partition coefficient (Wildman–Crippen LogP) is 4.65. The zero-order valence-electron chi connectivity index (χ0n) is 18.0. The molecule has 0 spiro atoms. The number of aromatic nitrogens is 1. The molecule has 4 aromatic rings. The molecule has 0 radical (unpaired) electrons. The Morgan fingerprint density at radius 1 is 1.06 bits per heavy atom. The monoisotopic (exact) mass is 465 g/mol. The topological polar surface area (TPSA) is 80.5 Å². The van der Waals surface area contributed by atoms with Gasteiger partial charge >= 0.3 is 0 Å². The summed E-state index contributed by atoms with van der Waals surface area (Å²) in [6, 6.07) is 19.2. The molecule has 0 saturated heterocycles. The molecule has 0 fully saturated rings. The summed E-state index contributed by atoms with van der Waals surface area (Å²) in [6.45, 7) is 3.99. The SMILES string of the molecule is CCc1ccc2c(c1)sc(=NC(=O)c1cccc(NS(=O)(=O)c3ccc(C)cc3)c1)n2C. The first-order valence-electron chi connectivity index (χ1n) is 10.1. The Bertz CT molecular complexity index is 1480. The zero-order valence-corrected chi connectivity index (χ0v) is 19.6. The Labute approximate surface area is 190 Å². The molecule has 3 aromatic carbocycles. The standard InChI is InChI=1S/C24H23N3O3S2/c1-4-17-10-13-21-22(14-17)31-24(27(21)3)25-23(28)18-6-5-7-19(15-18)26-32(29,30)20-11-8-16(2)9-12-20/h5-15,26H,4H2,1-3H3. The van der Waals surface area contributed by atoms with Gasteiger partial charge in [-0.15, -0.1) is 0 Å². The summed E-state index contributed by atoms with van der Waals surface area (Å²) in [5.41, 5.74) is 3.82. The van der Waals surface area contributed by atoms with Gasteiger partial charge in [0.05, 0.1) is 15.1 Å². The van der Waals surface area contributed by atoms with E-state index in [1.54, 1.807) is 42.5 Å². The van der Waals surface area contributed by atoms with Gasteiger partial charge in [-0.3, -0.25) is 9.52 Å². The summed E-state index contributed by atoms with van der Waals surface area (Å²) in [7, 11) is -1.88. The van der Waals surface area contributed by atoms with Crippen LogP contribution in [0.1, 0.15) is 28.4 Å². The Balaban J connectivity index is 1.63. The van der Waals surface area contributed by atoms with Gasteiger partial charge in [0.15, 0.2) is 4.80 Å². The molecule has 1 amide bonds. The number of hydrogen-bond donors (Lipinski definition) is 1. The van der Waals surface area contributed by atoms with Crippen molar-refractivity contribution in [1.29, 1.82) is 0 Å². The van der Waals surface area contributed by atoms with Crippen LogP contribution in [0.3, 0.4) is 0 Å². The van der Waals surface area contributed by atoms with E-state index in [9.17, 15) is 13.2 Å². The molecule has 0 aliphatic heterocycles. The molecule has 1 N–H and O–H groups in total. The van der Waals surface area contributed by atoms with Crippen LogP contribution in [0.2, 0.25) is 0 Å². The molecule has 0 atom stereocenters. The summed E-state index contributed by atoms with van der Waals surface area (Å²) in [5, 5.41) is 0. The fourth-order valence-corrected chi connectivity index (χ4v) is 5.43. The van der Waals surface area contributed by atoms with Crippen molar-refractivity contribution in [1.82, 2.24) is 4.57 Å². The maximum atomic E-state index is 12.8. The van der Waals surface area contributed by atoms with Crippen LogP contribution in [-0.4, -0.2) is 18.9 Å². The maximum absolute atomic E-state index is 12.8. The number of sulfonamides is 1. The van der Waals surface area contributed by atoms with Crippen molar-refractivity contribution in [2.75, 3.05) is 4.72 Å². The van der Waals surface area contributed by atoms with Crippen molar-refractivity contribution >= 4 is 43.2 Å². The van der Waals surface area contributed by atoms with E-state index in [-0.39, 0.29) is 4.90 Å². The molecule has 0 bridgehead atoms. The Morgan fingerprint density at radius 2 is 1.81 bits per heavy atom. The highest BCUT2D eigenvalue weighted by atomic mass is 32.2. The number of benzene rings is 3. The fourth-order valence-electron chi connectivity index (χ4n) is 3.30. The second-order valence-corrected chi connectivity index (χ2v) is 10.2. The molecular formula is C24H23N3O3S2. The molecule has 6 nitrogen and oxygen atoms in total. The van der Waals surface area contributed by atoms with Crippen molar-refractivity contribution in [3.05, 3.63) is 88.2 Å². The van der Waals surface area contributed by atoms with Gasteiger partial charge in [0.25, 0.3) is 15.9 Å². The van der Waals surface area contributed by atoms with Crippen molar-refractivity contribution in [3.63, 3.8) is 0 Å². The van der Waals surface area contributed by atoms with Gasteiger partial charge in [-0.2, -0.15) is 4.99 Å². The van der Waals surface area contributed by atoms with Gasteiger partial charge in [0.1, 0.15) is 0 Å². The van der Waals surface area contributed by atoms with Crippen LogP contribution < -0.4 is 9.52 Å². The molecule has 0 aliphatic rings. The highest BCUT2D eigenvalue weighted by Gasteiger charge is 2.15. The van der Waals surface area contributed by atoms with Crippen LogP contribution in [0, 0.1) is 6.92 Å². The average molecular weight is 466 g/mol. The smallest absolute Gasteiger partial charge is 0.279 e. The van der Waals surface area contributed by atoms with Gasteiger partial charge in [0.2, 0.25) is 0 Å². The summed E-state index contributed by atoms with van der Waals surface area (Å²) < 4.78 is 30.8. The minimum Gasteiger partial charge on any atom is -0.319 e. The summed E-state index contributed by atoms with van der Waals surface area (Å²) in [5.74, 6) is -0.431. The van der Waals surface area contributed by atoms with E-state index < -0.39 is 15.9 Å². The number of carbonyl (C=O) groups excluding carboxylic acids is 1. The van der Waals surface area contributed by atoms with E-state index in [0.717, 1.165) is 22.2 Å². The molecule has 1 heterocycles. The number of hydrogen-bond acceptors (Lipinski definition) is 4. The van der Waals surface area contributed by atoms with Crippen LogP contribution in [0.5, 0.6) is 0 Å². The molecule has 0 saturated carbocycles. The highest BCUT2D eigenvalue weighted by molar-refractivity contribution is 7.92. The normalized spacial score (nSPS) is 12.3. The van der Waals surface area contributed by atoms with Gasteiger partial charge in [-0.05, 0) is 61.4 Å². The van der Waals surface area contributed by atoms with Crippen LogP contribution in [0.4, 0.5) is 5.69 Å². The third kappa shape index (κ3) is 4.51. The number of nitrogens with zero attached hydrogens (tertiary/aromatic N) is 2. The molecule has 8 heteroatoms. The van der Waals surface area contributed by atoms with Crippen molar-refractivity contribution in [2.45, 2.75) is 25.2 Å². The lowest BCUT2D eigenvalue weighted by molar-refractivity contribution is 0.0998. The number of aryl methyl sites for hydroxylation is 3. The second-order valence-electron chi connectivity index (χ2n) is 7.52. The molecule has 0 aliphatic carbocycles. The number of thiazole rings is 1. The zero-order chi connectivity index (χ0) is 22.9. The van der Waals surface area contributed by atoms with Crippen LogP contribution >= 0.6 is 11.3 Å². The van der Waals surface area contributed by atoms with E-state index >= 15 is 0 Å². The second kappa shape index (κ2) is 8.72. The number of fused-ring (bicyclic) bond motifs is 1. The Morgan fingerprint density at radius 3 is 2.53 bits per heavy atom. The van der Waals surface area contributed by atoms with E-state index in [1.807, 2.05) is 24.6 Å². The van der Waals surface area contributed by atoms with E-state index in [1.165, 1.54) is 23.0 Å². The van der Waals surface area contributed by atoms with Gasteiger partial charge in [-0.1, -0.05) is 48.1 Å². The number of nitrogens with one attached hydrogen (secondary N) is 1. The third-order valence-electron chi connectivity index (χ3n) is 5.17. The first-order chi connectivity index (χ1) is 15.3. The number of carbonyl (C=O) groups is 1. The predicted molar refractivity (Wildman–Crippen MR) is 128 cm³/mol. The average Bonchev–Trinajstić information content (AvgIpc) is 3.08. The van der Waals surface area contributed by atoms with Crippen molar-refractivity contribution in [2.24, 2.45) is 12.0 Å². The lowest BCUT2D eigenvalue weighted by Crippen LogP contribution is -2.14. The lowest BCUT2D eigenvalue weighted by atomic mass is 10.2. The van der Waals surface area contributed by atoms with Crippen molar-refractivity contribution in [3.8, 4) is 0 Å². The number of anilines is 1. The molecule has 1 aromatic heterocycles. The lowest BCUT2D eigenvalue weighted by Gasteiger charge is -2.09.